The average Bonchev–Trinajstić information content (AvgIpc) is 2.64. The van der Waals surface area contributed by atoms with Crippen LogP contribution in [0.25, 0.3) is 10.8 Å². The number of halogens is 3. The first kappa shape index (κ1) is 25.4. The standard InChI is InChI=1S/C23H18F3.2Y/c1-17(21-15-7-12-19-11-4-5-14-22(19)21)8-2-3-9-18-10-6-13-20(16-18)23(24,25)26;;/h2,4-7,10-17H,8H2,1H3;;/q-1;;. The molecule has 0 aliphatic heterocycles. The Bertz CT molecular complexity index is 963. The molecule has 3 rings (SSSR count). The van der Waals surface area contributed by atoms with E-state index >= 15 is 0 Å². The first-order valence-corrected chi connectivity index (χ1v) is 8.43. The fourth-order valence-corrected chi connectivity index (χ4v) is 2.95. The van der Waals surface area contributed by atoms with Gasteiger partial charge in [0.2, 0.25) is 0 Å². The van der Waals surface area contributed by atoms with Crippen molar-refractivity contribution in [3.05, 3.63) is 89.8 Å². The summed E-state index contributed by atoms with van der Waals surface area (Å²) in [5.74, 6) is 5.96. The third kappa shape index (κ3) is 6.70. The van der Waals surface area contributed by atoms with Gasteiger partial charge in [-0.3, -0.25) is 11.8 Å². The minimum Gasteiger partial charge on any atom is -0.295 e. The summed E-state index contributed by atoms with van der Waals surface area (Å²) in [7, 11) is 0. The second kappa shape index (κ2) is 11.5. The molecule has 3 aromatic carbocycles. The van der Waals surface area contributed by atoms with Crippen LogP contribution in [0.15, 0.2) is 66.7 Å². The van der Waals surface area contributed by atoms with Gasteiger partial charge in [0.05, 0.1) is 5.56 Å². The van der Waals surface area contributed by atoms with E-state index in [1.165, 1.54) is 22.4 Å². The number of hydrogen-bond acceptors (Lipinski definition) is 0. The van der Waals surface area contributed by atoms with Crippen LogP contribution in [0.3, 0.4) is 0 Å². The van der Waals surface area contributed by atoms with Gasteiger partial charge in [0.15, 0.2) is 0 Å². The summed E-state index contributed by atoms with van der Waals surface area (Å²) < 4.78 is 38.2. The number of hydrogen-bond donors (Lipinski definition) is 0. The zero-order valence-electron chi connectivity index (χ0n) is 15.5. The first-order valence-electron chi connectivity index (χ1n) is 8.43. The molecule has 0 spiro atoms. The third-order valence-corrected chi connectivity index (χ3v) is 4.33. The monoisotopic (exact) mass is 529 g/mol. The van der Waals surface area contributed by atoms with Gasteiger partial charge in [-0.15, -0.1) is 0 Å². The molecule has 0 aliphatic rings. The molecule has 5 heteroatoms. The molecule has 3 aromatic rings. The van der Waals surface area contributed by atoms with E-state index < -0.39 is 11.7 Å². The smallest absolute Gasteiger partial charge is 0.295 e. The molecule has 0 aliphatic carbocycles. The van der Waals surface area contributed by atoms with E-state index in [-0.39, 0.29) is 71.3 Å². The van der Waals surface area contributed by atoms with Crippen LogP contribution in [0.4, 0.5) is 13.2 Å². The van der Waals surface area contributed by atoms with E-state index in [9.17, 15) is 13.2 Å². The predicted molar refractivity (Wildman–Crippen MR) is 99.6 cm³/mol. The second-order valence-corrected chi connectivity index (χ2v) is 6.26. The van der Waals surface area contributed by atoms with Crippen molar-refractivity contribution < 1.29 is 78.6 Å². The fourth-order valence-electron chi connectivity index (χ4n) is 2.95. The first-order chi connectivity index (χ1) is 12.4. The average molecular weight is 529 g/mol. The van der Waals surface area contributed by atoms with Crippen molar-refractivity contribution in [2.24, 2.45) is 0 Å². The van der Waals surface area contributed by atoms with Gasteiger partial charge in [0.1, 0.15) is 0 Å². The van der Waals surface area contributed by atoms with Gasteiger partial charge in [-0.1, -0.05) is 85.6 Å². The number of alkyl halides is 3. The van der Waals surface area contributed by atoms with Crippen LogP contribution in [-0.4, -0.2) is 0 Å². The van der Waals surface area contributed by atoms with Crippen molar-refractivity contribution in [1.82, 2.24) is 0 Å². The zero-order valence-corrected chi connectivity index (χ0v) is 21.2. The Hall–Kier alpha value is -0.652. The SMILES string of the molecule is CC(C[CH-]C#Cc1cccc(C(F)(F)F)c1)c1cccc2ccccc12.[Y].[Y]. The molecule has 0 bridgehead atoms. The van der Waals surface area contributed by atoms with Crippen LogP contribution in [-0.2, 0) is 71.6 Å². The number of fused-ring (bicyclic) bond motifs is 1. The predicted octanol–water partition coefficient (Wildman–Crippen LogP) is 6.60. The maximum absolute atomic E-state index is 12.7. The van der Waals surface area contributed by atoms with Crippen LogP contribution in [0.2, 0.25) is 0 Å². The molecule has 0 saturated carbocycles. The van der Waals surface area contributed by atoms with E-state index in [2.05, 4.69) is 43.0 Å². The summed E-state index contributed by atoms with van der Waals surface area (Å²) in [4.78, 5) is 0. The Balaban J connectivity index is 0.00000196. The molecule has 0 N–H and O–H groups in total. The molecular weight excluding hydrogens is 511 g/mol. The van der Waals surface area contributed by atoms with Crippen LogP contribution >= 0.6 is 0 Å². The van der Waals surface area contributed by atoms with Crippen molar-refractivity contribution >= 4 is 10.8 Å². The van der Waals surface area contributed by atoms with E-state index in [0.717, 1.165) is 18.6 Å². The minimum absolute atomic E-state index is 0. The molecule has 138 valence electrons. The van der Waals surface area contributed by atoms with Crippen LogP contribution in [0, 0.1) is 18.3 Å². The Morgan fingerprint density at radius 2 is 1.61 bits per heavy atom. The Morgan fingerprint density at radius 3 is 2.36 bits per heavy atom. The van der Waals surface area contributed by atoms with Gasteiger partial charge in [0.25, 0.3) is 0 Å². The van der Waals surface area contributed by atoms with Gasteiger partial charge in [-0.05, 0) is 22.3 Å². The van der Waals surface area contributed by atoms with Crippen molar-refractivity contribution in [3.8, 4) is 11.8 Å². The largest absolute Gasteiger partial charge is 0.416 e. The maximum atomic E-state index is 12.7. The molecule has 0 saturated heterocycles. The summed E-state index contributed by atoms with van der Waals surface area (Å²) in [6.45, 7) is 2.13. The van der Waals surface area contributed by atoms with Gasteiger partial charge in [0, 0.05) is 65.4 Å². The van der Waals surface area contributed by atoms with Crippen LogP contribution < -0.4 is 0 Å². The topological polar surface area (TPSA) is 0 Å². The van der Waals surface area contributed by atoms with Crippen molar-refractivity contribution in [2.45, 2.75) is 25.4 Å². The molecule has 0 aromatic heterocycles. The van der Waals surface area contributed by atoms with E-state index in [4.69, 9.17) is 0 Å². The quantitative estimate of drug-likeness (QED) is 0.265. The molecule has 1 atom stereocenters. The van der Waals surface area contributed by atoms with E-state index in [1.54, 1.807) is 6.07 Å². The summed E-state index contributed by atoms with van der Waals surface area (Å²) in [6, 6.07) is 19.6. The van der Waals surface area contributed by atoms with Crippen LogP contribution in [0.1, 0.15) is 36.0 Å². The molecular formula is C23H18F3Y2-. The summed E-state index contributed by atoms with van der Waals surface area (Å²) in [5.41, 5.74) is 0.947. The third-order valence-electron chi connectivity index (χ3n) is 4.33. The van der Waals surface area contributed by atoms with Gasteiger partial charge in [-0.2, -0.15) is 19.6 Å². The Labute approximate surface area is 214 Å². The van der Waals surface area contributed by atoms with Gasteiger partial charge in [-0.25, -0.2) is 0 Å². The van der Waals surface area contributed by atoms with Crippen molar-refractivity contribution in [3.63, 3.8) is 0 Å². The maximum Gasteiger partial charge on any atom is 0.416 e. The number of benzene rings is 3. The Kier molecular flexibility index (Phi) is 10.4. The van der Waals surface area contributed by atoms with E-state index in [0.29, 0.717) is 5.56 Å². The zero-order chi connectivity index (χ0) is 18.6. The summed E-state index contributed by atoms with van der Waals surface area (Å²) >= 11 is 0. The summed E-state index contributed by atoms with van der Waals surface area (Å²) in [5, 5.41) is 2.42. The molecule has 0 heterocycles. The summed E-state index contributed by atoms with van der Waals surface area (Å²) in [6.07, 6.45) is -1.78. The normalized spacial score (nSPS) is 11.4. The Morgan fingerprint density at radius 1 is 0.929 bits per heavy atom. The second-order valence-electron chi connectivity index (χ2n) is 6.26. The van der Waals surface area contributed by atoms with Crippen molar-refractivity contribution in [1.29, 1.82) is 0 Å². The fraction of sp³-hybridized carbons (Fsp3) is 0.174. The minimum atomic E-state index is -4.34. The van der Waals surface area contributed by atoms with Gasteiger partial charge >= 0.3 is 6.18 Å². The van der Waals surface area contributed by atoms with Crippen LogP contribution in [0.5, 0.6) is 0 Å². The molecule has 28 heavy (non-hydrogen) atoms. The molecule has 0 nitrogen and oxygen atoms in total. The molecule has 0 amide bonds. The number of rotatable bonds is 3. The molecule has 2 radical (unpaired) electrons. The van der Waals surface area contributed by atoms with Gasteiger partial charge < -0.3 is 0 Å². The molecule has 0 fully saturated rings. The van der Waals surface area contributed by atoms with Crippen molar-refractivity contribution in [2.75, 3.05) is 0 Å². The molecule has 1 unspecified atom stereocenters. The van der Waals surface area contributed by atoms with E-state index in [1.807, 2.05) is 24.6 Å².